The zero-order chi connectivity index (χ0) is 8.60. The van der Waals surface area contributed by atoms with Crippen molar-refractivity contribution in [2.24, 2.45) is 0 Å². The molecule has 12 heavy (non-hydrogen) atoms. The highest BCUT2D eigenvalue weighted by Crippen LogP contribution is 2.39. The Kier molecular flexibility index (Phi) is 1.53. The van der Waals surface area contributed by atoms with Crippen LogP contribution in [0, 0.1) is 0 Å². The maximum atomic E-state index is 11.4. The van der Waals surface area contributed by atoms with Gasteiger partial charge in [0.1, 0.15) is 5.78 Å². The van der Waals surface area contributed by atoms with E-state index in [1.54, 1.807) is 0 Å². The zero-order valence-corrected chi connectivity index (χ0v) is 7.21. The van der Waals surface area contributed by atoms with E-state index in [1.165, 1.54) is 5.56 Å². The normalized spacial score (nSPS) is 28.2. The summed E-state index contributed by atoms with van der Waals surface area (Å²) in [6.07, 6.45) is 1.77. The smallest absolute Gasteiger partial charge is 0.143 e. The van der Waals surface area contributed by atoms with Crippen LogP contribution in [0.15, 0.2) is 30.3 Å². The summed E-state index contributed by atoms with van der Waals surface area (Å²) in [6, 6.07) is 10.0. The SMILES string of the molecule is CC1(c2ccccc2)CCC1=O. The third kappa shape index (κ3) is 0.893. The van der Waals surface area contributed by atoms with Gasteiger partial charge in [-0.25, -0.2) is 0 Å². The first-order valence-corrected chi connectivity index (χ1v) is 4.32. The third-order valence-corrected chi connectivity index (χ3v) is 2.88. The van der Waals surface area contributed by atoms with Gasteiger partial charge in [-0.3, -0.25) is 4.79 Å². The van der Waals surface area contributed by atoms with Crippen LogP contribution in [-0.4, -0.2) is 5.78 Å². The molecule has 0 N–H and O–H groups in total. The molecule has 1 unspecified atom stereocenters. The summed E-state index contributed by atoms with van der Waals surface area (Å²) >= 11 is 0. The third-order valence-electron chi connectivity index (χ3n) is 2.88. The second kappa shape index (κ2) is 2.44. The Morgan fingerprint density at radius 3 is 2.33 bits per heavy atom. The van der Waals surface area contributed by atoms with E-state index < -0.39 is 0 Å². The fraction of sp³-hybridized carbons (Fsp3) is 0.364. The van der Waals surface area contributed by atoms with Crippen molar-refractivity contribution in [2.75, 3.05) is 0 Å². The van der Waals surface area contributed by atoms with E-state index in [-0.39, 0.29) is 5.41 Å². The number of carbonyl (C=O) groups excluding carboxylic acids is 1. The molecule has 0 heterocycles. The summed E-state index contributed by atoms with van der Waals surface area (Å²) in [7, 11) is 0. The minimum absolute atomic E-state index is 0.165. The number of hydrogen-bond acceptors (Lipinski definition) is 1. The van der Waals surface area contributed by atoms with Crippen molar-refractivity contribution in [3.63, 3.8) is 0 Å². The number of benzene rings is 1. The van der Waals surface area contributed by atoms with Crippen molar-refractivity contribution in [1.29, 1.82) is 0 Å². The number of Topliss-reactive ketones (excluding diaryl/α,β-unsaturated/α-hetero) is 1. The molecule has 1 nitrogen and oxygen atoms in total. The minimum Gasteiger partial charge on any atom is -0.299 e. The summed E-state index contributed by atoms with van der Waals surface area (Å²) < 4.78 is 0. The molecular weight excluding hydrogens is 148 g/mol. The van der Waals surface area contributed by atoms with E-state index in [4.69, 9.17) is 0 Å². The van der Waals surface area contributed by atoms with Gasteiger partial charge in [-0.15, -0.1) is 0 Å². The molecule has 0 aliphatic heterocycles. The second-order valence-corrected chi connectivity index (χ2v) is 3.62. The lowest BCUT2D eigenvalue weighted by atomic mass is 9.65. The van der Waals surface area contributed by atoms with Gasteiger partial charge < -0.3 is 0 Å². The molecule has 0 saturated heterocycles. The van der Waals surface area contributed by atoms with E-state index in [0.29, 0.717) is 5.78 Å². The lowest BCUT2D eigenvalue weighted by Gasteiger charge is -2.36. The topological polar surface area (TPSA) is 17.1 Å². The van der Waals surface area contributed by atoms with E-state index >= 15 is 0 Å². The van der Waals surface area contributed by atoms with Crippen LogP contribution in [0.4, 0.5) is 0 Å². The molecule has 2 rings (SSSR count). The second-order valence-electron chi connectivity index (χ2n) is 3.62. The van der Waals surface area contributed by atoms with Crippen LogP contribution in [0.3, 0.4) is 0 Å². The Bertz CT molecular complexity index is 302. The number of hydrogen-bond donors (Lipinski definition) is 0. The number of carbonyl (C=O) groups is 1. The standard InChI is InChI=1S/C11H12O/c1-11(8-7-10(11)12)9-5-3-2-4-6-9/h2-6H,7-8H2,1H3. The molecule has 1 aromatic rings. The fourth-order valence-corrected chi connectivity index (χ4v) is 1.71. The first-order chi connectivity index (χ1) is 5.73. The maximum absolute atomic E-state index is 11.4. The molecule has 1 aliphatic rings. The van der Waals surface area contributed by atoms with Crippen molar-refractivity contribution in [1.82, 2.24) is 0 Å². The summed E-state index contributed by atoms with van der Waals surface area (Å²) in [4.78, 5) is 11.4. The van der Waals surface area contributed by atoms with Gasteiger partial charge in [-0.1, -0.05) is 30.3 Å². The molecule has 0 radical (unpaired) electrons. The Balaban J connectivity index is 2.37. The van der Waals surface area contributed by atoms with Crippen molar-refractivity contribution in [3.05, 3.63) is 35.9 Å². The molecule has 1 atom stereocenters. The summed E-state index contributed by atoms with van der Waals surface area (Å²) in [6.45, 7) is 2.04. The molecule has 1 heteroatoms. The van der Waals surface area contributed by atoms with Gasteiger partial charge in [0, 0.05) is 6.42 Å². The van der Waals surface area contributed by atoms with Gasteiger partial charge in [0.05, 0.1) is 5.41 Å². The van der Waals surface area contributed by atoms with Gasteiger partial charge >= 0.3 is 0 Å². The Morgan fingerprint density at radius 2 is 1.92 bits per heavy atom. The Hall–Kier alpha value is -1.11. The van der Waals surface area contributed by atoms with Crippen LogP contribution in [0.5, 0.6) is 0 Å². The van der Waals surface area contributed by atoms with Gasteiger partial charge in [0.15, 0.2) is 0 Å². The quantitative estimate of drug-likeness (QED) is 0.616. The fourth-order valence-electron chi connectivity index (χ4n) is 1.71. The van der Waals surface area contributed by atoms with Crippen molar-refractivity contribution in [3.8, 4) is 0 Å². The van der Waals surface area contributed by atoms with Crippen molar-refractivity contribution in [2.45, 2.75) is 25.2 Å². The molecule has 0 bridgehead atoms. The highest BCUT2D eigenvalue weighted by Gasteiger charge is 2.42. The first kappa shape index (κ1) is 7.53. The summed E-state index contributed by atoms with van der Waals surface area (Å²) in [5.74, 6) is 0.383. The molecule has 1 aromatic carbocycles. The van der Waals surface area contributed by atoms with E-state index in [2.05, 4.69) is 0 Å². The van der Waals surface area contributed by atoms with E-state index in [9.17, 15) is 4.79 Å². The zero-order valence-electron chi connectivity index (χ0n) is 7.21. The number of rotatable bonds is 1. The van der Waals surface area contributed by atoms with Crippen molar-refractivity contribution >= 4 is 5.78 Å². The largest absolute Gasteiger partial charge is 0.299 e. The molecule has 62 valence electrons. The molecule has 1 fully saturated rings. The van der Waals surface area contributed by atoms with E-state index in [1.807, 2.05) is 37.3 Å². The van der Waals surface area contributed by atoms with Gasteiger partial charge in [-0.05, 0) is 18.9 Å². The van der Waals surface area contributed by atoms with Crippen molar-refractivity contribution < 1.29 is 4.79 Å². The summed E-state index contributed by atoms with van der Waals surface area (Å²) in [5, 5.41) is 0. The van der Waals surface area contributed by atoms with Gasteiger partial charge in [0.2, 0.25) is 0 Å². The first-order valence-electron chi connectivity index (χ1n) is 4.32. The molecule has 1 aliphatic carbocycles. The molecule has 0 aromatic heterocycles. The molecular formula is C11H12O. The molecule has 0 spiro atoms. The maximum Gasteiger partial charge on any atom is 0.143 e. The predicted molar refractivity (Wildman–Crippen MR) is 48.0 cm³/mol. The van der Waals surface area contributed by atoms with Crippen LogP contribution in [0.25, 0.3) is 0 Å². The minimum atomic E-state index is -0.165. The van der Waals surface area contributed by atoms with Gasteiger partial charge in [-0.2, -0.15) is 0 Å². The van der Waals surface area contributed by atoms with E-state index in [0.717, 1.165) is 12.8 Å². The molecule has 0 amide bonds. The summed E-state index contributed by atoms with van der Waals surface area (Å²) in [5.41, 5.74) is 1.00. The van der Waals surface area contributed by atoms with Crippen LogP contribution >= 0.6 is 0 Å². The monoisotopic (exact) mass is 160 g/mol. The predicted octanol–water partition coefficient (Wildman–Crippen LogP) is 2.31. The van der Waals surface area contributed by atoms with Crippen LogP contribution < -0.4 is 0 Å². The molecule has 1 saturated carbocycles. The lowest BCUT2D eigenvalue weighted by Crippen LogP contribution is -2.41. The van der Waals surface area contributed by atoms with Gasteiger partial charge in [0.25, 0.3) is 0 Å². The Labute approximate surface area is 72.4 Å². The lowest BCUT2D eigenvalue weighted by molar-refractivity contribution is -0.130. The average Bonchev–Trinajstić information content (AvgIpc) is 2.16. The highest BCUT2D eigenvalue weighted by molar-refractivity contribution is 5.95. The highest BCUT2D eigenvalue weighted by atomic mass is 16.1. The Morgan fingerprint density at radius 1 is 1.25 bits per heavy atom. The van der Waals surface area contributed by atoms with Crippen LogP contribution in [0.1, 0.15) is 25.3 Å². The van der Waals surface area contributed by atoms with Crippen LogP contribution in [0.2, 0.25) is 0 Å². The number of ketones is 1. The van der Waals surface area contributed by atoms with Crippen LogP contribution in [-0.2, 0) is 10.2 Å². The average molecular weight is 160 g/mol.